The monoisotopic (exact) mass is 631 g/mol. The summed E-state index contributed by atoms with van der Waals surface area (Å²) in [4.78, 5) is 40.3. The van der Waals surface area contributed by atoms with Crippen molar-refractivity contribution < 1.29 is 33.0 Å². The number of carbonyl (C=O) groups is 2. The molecule has 6 rings (SSSR count). The lowest BCUT2D eigenvalue weighted by atomic mass is 10.0. The SMILES string of the molecule is CCC(Oc1c(-c2ccc(Cl)cc2)oc2ccccc2c1=O)C(=O)Nc1scc(-c2ccc3c(c2)OCCO3)c1C(=O)OC. The Morgan fingerprint density at radius 2 is 1.73 bits per heavy atom. The largest absolute Gasteiger partial charge is 0.486 e. The van der Waals surface area contributed by atoms with Crippen LogP contribution in [-0.2, 0) is 9.53 Å². The molecule has 0 bridgehead atoms. The van der Waals surface area contributed by atoms with Gasteiger partial charge in [0.25, 0.3) is 5.91 Å². The molecule has 0 saturated heterocycles. The Kier molecular flexibility index (Phi) is 8.28. The normalized spacial score (nSPS) is 12.9. The van der Waals surface area contributed by atoms with E-state index in [0.29, 0.717) is 57.4 Å². The van der Waals surface area contributed by atoms with Crippen LogP contribution in [0.2, 0.25) is 5.02 Å². The molecule has 3 aromatic carbocycles. The Bertz CT molecular complexity index is 1930. The van der Waals surface area contributed by atoms with Crippen molar-refractivity contribution in [3.63, 3.8) is 0 Å². The van der Waals surface area contributed by atoms with Crippen molar-refractivity contribution in [1.29, 1.82) is 0 Å². The Hall–Kier alpha value is -4.80. The number of hydrogen-bond donors (Lipinski definition) is 1. The molecule has 1 amide bonds. The van der Waals surface area contributed by atoms with Gasteiger partial charge in [-0.3, -0.25) is 9.59 Å². The quantitative estimate of drug-likeness (QED) is 0.179. The van der Waals surface area contributed by atoms with Gasteiger partial charge in [0, 0.05) is 21.5 Å². The molecule has 1 aliphatic rings. The van der Waals surface area contributed by atoms with E-state index in [4.69, 9.17) is 35.0 Å². The third kappa shape index (κ3) is 5.61. The molecule has 224 valence electrons. The minimum absolute atomic E-state index is 0.107. The number of anilines is 1. The molecule has 1 unspecified atom stereocenters. The van der Waals surface area contributed by atoms with Gasteiger partial charge in [0.2, 0.25) is 11.2 Å². The van der Waals surface area contributed by atoms with Crippen molar-refractivity contribution >= 4 is 50.8 Å². The van der Waals surface area contributed by atoms with Crippen LogP contribution >= 0.6 is 22.9 Å². The van der Waals surface area contributed by atoms with Crippen LogP contribution in [0.1, 0.15) is 23.7 Å². The van der Waals surface area contributed by atoms with E-state index in [1.807, 2.05) is 6.07 Å². The van der Waals surface area contributed by atoms with Gasteiger partial charge in [-0.05, 0) is 60.5 Å². The summed E-state index contributed by atoms with van der Waals surface area (Å²) in [7, 11) is 1.27. The van der Waals surface area contributed by atoms with Crippen molar-refractivity contribution in [3.8, 4) is 39.7 Å². The summed E-state index contributed by atoms with van der Waals surface area (Å²) in [6.45, 7) is 2.63. The third-order valence-electron chi connectivity index (χ3n) is 7.06. The number of benzene rings is 3. The Morgan fingerprint density at radius 3 is 2.48 bits per heavy atom. The van der Waals surface area contributed by atoms with Gasteiger partial charge in [-0.15, -0.1) is 11.3 Å². The fourth-order valence-electron chi connectivity index (χ4n) is 4.86. The summed E-state index contributed by atoms with van der Waals surface area (Å²) in [5, 5.41) is 5.67. The van der Waals surface area contributed by atoms with E-state index >= 15 is 0 Å². The van der Waals surface area contributed by atoms with E-state index in [9.17, 15) is 14.4 Å². The predicted molar refractivity (Wildman–Crippen MR) is 168 cm³/mol. The molecule has 0 fully saturated rings. The number of esters is 1. The summed E-state index contributed by atoms with van der Waals surface area (Å²) in [6, 6.07) is 18.9. The fourth-order valence-corrected chi connectivity index (χ4v) is 5.94. The number of nitrogens with one attached hydrogen (secondary N) is 1. The van der Waals surface area contributed by atoms with E-state index in [-0.39, 0.29) is 28.5 Å². The van der Waals surface area contributed by atoms with Crippen LogP contribution in [0.3, 0.4) is 0 Å². The number of rotatable bonds is 8. The molecule has 3 heterocycles. The number of ether oxygens (including phenoxy) is 4. The maximum atomic E-state index is 13.6. The zero-order chi connectivity index (χ0) is 30.8. The van der Waals surface area contributed by atoms with Gasteiger partial charge in [0.05, 0.1) is 12.5 Å². The summed E-state index contributed by atoms with van der Waals surface area (Å²) in [6.07, 6.45) is -0.887. The van der Waals surface area contributed by atoms with Crippen molar-refractivity contribution in [1.82, 2.24) is 0 Å². The van der Waals surface area contributed by atoms with Gasteiger partial charge in [0.15, 0.2) is 23.4 Å². The average Bonchev–Trinajstić information content (AvgIpc) is 3.47. The maximum absolute atomic E-state index is 13.6. The topological polar surface area (TPSA) is 113 Å². The van der Waals surface area contributed by atoms with Gasteiger partial charge in [-0.25, -0.2) is 4.79 Å². The van der Waals surface area contributed by atoms with Crippen LogP contribution in [0.5, 0.6) is 17.2 Å². The van der Waals surface area contributed by atoms with Crippen LogP contribution in [0, 0.1) is 0 Å². The van der Waals surface area contributed by atoms with Gasteiger partial charge < -0.3 is 28.7 Å². The van der Waals surface area contributed by atoms with E-state index in [2.05, 4.69) is 5.32 Å². The molecule has 0 radical (unpaired) electrons. The number of thiophene rings is 1. The zero-order valence-corrected chi connectivity index (χ0v) is 25.3. The molecule has 9 nitrogen and oxygen atoms in total. The molecule has 0 spiro atoms. The molecular formula is C33H26ClNO8S. The van der Waals surface area contributed by atoms with E-state index in [0.717, 1.165) is 0 Å². The van der Waals surface area contributed by atoms with Gasteiger partial charge >= 0.3 is 5.97 Å². The highest BCUT2D eigenvalue weighted by atomic mass is 35.5. The van der Waals surface area contributed by atoms with Crippen LogP contribution in [0.4, 0.5) is 5.00 Å². The Labute approximate surface area is 260 Å². The summed E-state index contributed by atoms with van der Waals surface area (Å²) in [5.74, 6) is 0.0608. The smallest absolute Gasteiger partial charge is 0.341 e. The molecule has 1 atom stereocenters. The molecule has 0 saturated carbocycles. The van der Waals surface area contributed by atoms with Crippen LogP contribution in [0.25, 0.3) is 33.4 Å². The second kappa shape index (κ2) is 12.4. The zero-order valence-electron chi connectivity index (χ0n) is 23.7. The minimum atomic E-state index is -1.10. The summed E-state index contributed by atoms with van der Waals surface area (Å²) >= 11 is 7.26. The third-order valence-corrected chi connectivity index (χ3v) is 8.20. The first-order chi connectivity index (χ1) is 21.4. The number of fused-ring (bicyclic) bond motifs is 2. The Morgan fingerprint density at radius 1 is 1.00 bits per heavy atom. The standard InChI is InChI=1S/C33H26ClNO8S/c1-3-23(42-30-28(36)21-6-4-5-7-24(21)43-29(30)18-8-11-20(34)12-9-18)31(37)35-32-27(33(38)39-2)22(17-44-32)19-10-13-25-26(16-19)41-15-14-40-25/h4-13,16-17,23H,3,14-15H2,1-2H3,(H,35,37). The highest BCUT2D eigenvalue weighted by molar-refractivity contribution is 7.15. The fraction of sp³-hybridized carbons (Fsp3) is 0.182. The van der Waals surface area contributed by atoms with Crippen LogP contribution < -0.4 is 25.0 Å². The van der Waals surface area contributed by atoms with Crippen molar-refractivity contribution in [2.24, 2.45) is 0 Å². The molecule has 44 heavy (non-hydrogen) atoms. The van der Waals surface area contributed by atoms with Gasteiger partial charge in [0.1, 0.15) is 29.4 Å². The summed E-state index contributed by atoms with van der Waals surface area (Å²) < 4.78 is 28.7. The molecular weight excluding hydrogens is 606 g/mol. The lowest BCUT2D eigenvalue weighted by molar-refractivity contribution is -0.122. The second-order valence-electron chi connectivity index (χ2n) is 9.80. The highest BCUT2D eigenvalue weighted by Crippen LogP contribution is 2.41. The van der Waals surface area contributed by atoms with Gasteiger partial charge in [-0.2, -0.15) is 0 Å². The molecule has 0 aliphatic carbocycles. The first-order valence-corrected chi connectivity index (χ1v) is 15.0. The Balaban J connectivity index is 1.34. The predicted octanol–water partition coefficient (Wildman–Crippen LogP) is 7.20. The number of hydrogen-bond acceptors (Lipinski definition) is 9. The van der Waals surface area contributed by atoms with Crippen molar-refractivity contribution in [2.75, 3.05) is 25.6 Å². The number of carbonyl (C=O) groups excluding carboxylic acids is 2. The maximum Gasteiger partial charge on any atom is 0.341 e. The van der Waals surface area contributed by atoms with Crippen LogP contribution in [-0.4, -0.2) is 38.3 Å². The lowest BCUT2D eigenvalue weighted by Crippen LogP contribution is -2.34. The number of halogens is 1. The lowest BCUT2D eigenvalue weighted by Gasteiger charge is -2.19. The molecule has 2 aromatic heterocycles. The van der Waals surface area contributed by atoms with E-state index in [1.54, 1.807) is 73.0 Å². The number of amides is 1. The second-order valence-corrected chi connectivity index (χ2v) is 11.1. The molecule has 1 N–H and O–H groups in total. The number of methoxy groups -OCH3 is 1. The van der Waals surface area contributed by atoms with E-state index in [1.165, 1.54) is 18.4 Å². The van der Waals surface area contributed by atoms with Gasteiger partial charge in [-0.1, -0.05) is 36.7 Å². The minimum Gasteiger partial charge on any atom is -0.486 e. The van der Waals surface area contributed by atoms with E-state index < -0.39 is 23.4 Å². The first-order valence-electron chi connectivity index (χ1n) is 13.8. The number of para-hydroxylation sites is 1. The van der Waals surface area contributed by atoms with Crippen molar-refractivity contribution in [3.05, 3.63) is 92.9 Å². The first kappa shape index (κ1) is 29.3. The summed E-state index contributed by atoms with van der Waals surface area (Å²) in [5.41, 5.74) is 1.94. The molecule has 1 aliphatic heterocycles. The van der Waals surface area contributed by atoms with Crippen LogP contribution in [0.15, 0.2) is 81.3 Å². The highest BCUT2D eigenvalue weighted by Gasteiger charge is 2.29. The average molecular weight is 632 g/mol. The molecule has 11 heteroatoms. The molecule has 5 aromatic rings. The van der Waals surface area contributed by atoms with Crippen molar-refractivity contribution in [2.45, 2.75) is 19.4 Å².